The standard InChI is InChI=1S/C27H20F9NO/c28-25(29,30)19-8-4-7-17(11-19)22-9-10-37(15-23(22)16-5-2-1-3-6-16)24(38)18-12-20(26(31,32)33)14-21(13-18)27(34,35)36/h1-8,11-14,22-23H,9-10,15H2/t22-,23+/m1/s1. The van der Waals surface area contributed by atoms with Gasteiger partial charge in [0.1, 0.15) is 0 Å². The first kappa shape index (κ1) is 27.5. The van der Waals surface area contributed by atoms with E-state index in [4.69, 9.17) is 0 Å². The lowest BCUT2D eigenvalue weighted by Crippen LogP contribution is -2.42. The Morgan fingerprint density at radius 1 is 0.632 bits per heavy atom. The number of likely N-dealkylation sites (tertiary alicyclic amines) is 1. The van der Waals surface area contributed by atoms with Gasteiger partial charge in [0.05, 0.1) is 16.7 Å². The van der Waals surface area contributed by atoms with Crippen LogP contribution in [-0.2, 0) is 18.5 Å². The summed E-state index contributed by atoms with van der Waals surface area (Å²) < 4.78 is 120. The van der Waals surface area contributed by atoms with Gasteiger partial charge in [-0.15, -0.1) is 0 Å². The maximum atomic E-state index is 13.3. The molecule has 0 aliphatic carbocycles. The van der Waals surface area contributed by atoms with E-state index in [1.807, 2.05) is 0 Å². The van der Waals surface area contributed by atoms with E-state index in [1.54, 1.807) is 30.3 Å². The molecule has 0 N–H and O–H groups in total. The summed E-state index contributed by atoms with van der Waals surface area (Å²) in [5.74, 6) is -2.05. The summed E-state index contributed by atoms with van der Waals surface area (Å²) >= 11 is 0. The van der Waals surface area contributed by atoms with Crippen molar-refractivity contribution < 1.29 is 44.3 Å². The third kappa shape index (κ3) is 5.97. The van der Waals surface area contributed by atoms with E-state index in [0.717, 1.165) is 17.0 Å². The van der Waals surface area contributed by atoms with Crippen LogP contribution < -0.4 is 0 Å². The van der Waals surface area contributed by atoms with Crippen LogP contribution in [0.15, 0.2) is 72.8 Å². The van der Waals surface area contributed by atoms with E-state index in [-0.39, 0.29) is 25.6 Å². The van der Waals surface area contributed by atoms with Gasteiger partial charge >= 0.3 is 18.5 Å². The summed E-state index contributed by atoms with van der Waals surface area (Å²) in [6.07, 6.45) is -14.6. The van der Waals surface area contributed by atoms with E-state index in [2.05, 4.69) is 0 Å². The molecule has 3 aromatic rings. The van der Waals surface area contributed by atoms with Gasteiger partial charge in [-0.05, 0) is 47.7 Å². The number of carbonyl (C=O) groups is 1. The molecule has 11 heteroatoms. The molecular weight excluding hydrogens is 525 g/mol. The van der Waals surface area contributed by atoms with Gasteiger partial charge in [-0.2, -0.15) is 39.5 Å². The minimum absolute atomic E-state index is 0.0522. The fourth-order valence-electron chi connectivity index (χ4n) is 4.78. The number of piperidine rings is 1. The molecule has 1 heterocycles. The zero-order valence-electron chi connectivity index (χ0n) is 19.5. The van der Waals surface area contributed by atoms with E-state index in [1.165, 1.54) is 12.1 Å². The molecule has 1 aliphatic heterocycles. The molecular formula is C27H20F9NO. The van der Waals surface area contributed by atoms with E-state index in [9.17, 15) is 44.3 Å². The second-order valence-electron chi connectivity index (χ2n) is 9.08. The van der Waals surface area contributed by atoms with Gasteiger partial charge in [0.25, 0.3) is 5.91 Å². The summed E-state index contributed by atoms with van der Waals surface area (Å²) in [6, 6.07) is 14.0. The van der Waals surface area contributed by atoms with Crippen LogP contribution in [0, 0.1) is 0 Å². The Kier molecular flexibility index (Phi) is 7.24. The highest BCUT2D eigenvalue weighted by molar-refractivity contribution is 5.95. The molecule has 0 unspecified atom stereocenters. The molecule has 1 saturated heterocycles. The monoisotopic (exact) mass is 545 g/mol. The van der Waals surface area contributed by atoms with Crippen LogP contribution in [0.1, 0.15) is 56.4 Å². The summed E-state index contributed by atoms with van der Waals surface area (Å²) in [5, 5.41) is 0. The van der Waals surface area contributed by atoms with Crippen LogP contribution in [0.3, 0.4) is 0 Å². The minimum Gasteiger partial charge on any atom is -0.338 e. The molecule has 0 saturated carbocycles. The smallest absolute Gasteiger partial charge is 0.338 e. The van der Waals surface area contributed by atoms with Crippen molar-refractivity contribution in [2.75, 3.05) is 13.1 Å². The second-order valence-corrected chi connectivity index (χ2v) is 9.08. The zero-order chi connectivity index (χ0) is 27.9. The molecule has 0 bridgehead atoms. The first-order chi connectivity index (χ1) is 17.6. The number of amides is 1. The number of benzene rings is 3. The topological polar surface area (TPSA) is 20.3 Å². The molecule has 0 radical (unpaired) electrons. The van der Waals surface area contributed by atoms with Crippen LogP contribution in [-0.4, -0.2) is 23.9 Å². The summed E-state index contributed by atoms with van der Waals surface area (Å²) in [5.41, 5.74) is -3.77. The van der Waals surface area contributed by atoms with Crippen molar-refractivity contribution in [3.05, 3.63) is 106 Å². The van der Waals surface area contributed by atoms with Crippen molar-refractivity contribution in [3.63, 3.8) is 0 Å². The van der Waals surface area contributed by atoms with Crippen LogP contribution in [0.4, 0.5) is 39.5 Å². The Balaban J connectivity index is 1.70. The fourth-order valence-corrected chi connectivity index (χ4v) is 4.78. The Hall–Kier alpha value is -3.50. The SMILES string of the molecule is O=C(c1cc(C(F)(F)F)cc(C(F)(F)F)c1)N1CC[C@H](c2cccc(C(F)(F)F)c2)[C@H](c2ccccc2)C1. The average Bonchev–Trinajstić information content (AvgIpc) is 2.86. The molecule has 0 spiro atoms. The lowest BCUT2D eigenvalue weighted by molar-refractivity contribution is -0.143. The summed E-state index contributed by atoms with van der Waals surface area (Å²) in [4.78, 5) is 14.4. The molecule has 1 fully saturated rings. The van der Waals surface area contributed by atoms with Crippen molar-refractivity contribution >= 4 is 5.91 Å². The van der Waals surface area contributed by atoms with E-state index in [0.29, 0.717) is 23.3 Å². The highest BCUT2D eigenvalue weighted by atomic mass is 19.4. The maximum Gasteiger partial charge on any atom is 0.416 e. The average molecular weight is 545 g/mol. The van der Waals surface area contributed by atoms with Crippen LogP contribution >= 0.6 is 0 Å². The largest absolute Gasteiger partial charge is 0.416 e. The molecule has 38 heavy (non-hydrogen) atoms. The highest BCUT2D eigenvalue weighted by Crippen LogP contribution is 2.42. The second kappa shape index (κ2) is 9.99. The summed E-state index contributed by atoms with van der Waals surface area (Å²) in [7, 11) is 0. The molecule has 2 atom stereocenters. The van der Waals surface area contributed by atoms with Crippen molar-refractivity contribution in [1.29, 1.82) is 0 Å². The van der Waals surface area contributed by atoms with Crippen molar-refractivity contribution in [3.8, 4) is 0 Å². The van der Waals surface area contributed by atoms with Crippen LogP contribution in [0.5, 0.6) is 0 Å². The van der Waals surface area contributed by atoms with Gasteiger partial charge in [0.2, 0.25) is 0 Å². The third-order valence-corrected chi connectivity index (χ3v) is 6.60. The number of hydrogen-bond acceptors (Lipinski definition) is 1. The quantitative estimate of drug-likeness (QED) is 0.304. The molecule has 2 nitrogen and oxygen atoms in total. The predicted octanol–water partition coefficient (Wildman–Crippen LogP) is 8.16. The van der Waals surface area contributed by atoms with Gasteiger partial charge < -0.3 is 4.90 Å². The Morgan fingerprint density at radius 2 is 1.18 bits per heavy atom. The number of halogens is 9. The van der Waals surface area contributed by atoms with Gasteiger partial charge in [-0.1, -0.05) is 48.5 Å². The normalized spacial score (nSPS) is 18.9. The minimum atomic E-state index is -5.11. The Labute approximate surface area is 211 Å². The number of alkyl halides is 9. The molecule has 4 rings (SSSR count). The van der Waals surface area contributed by atoms with Crippen LogP contribution in [0.25, 0.3) is 0 Å². The summed E-state index contributed by atoms with van der Waals surface area (Å²) in [6.45, 7) is -0.179. The van der Waals surface area contributed by atoms with Crippen molar-refractivity contribution in [2.45, 2.75) is 36.8 Å². The highest BCUT2D eigenvalue weighted by Gasteiger charge is 2.40. The first-order valence-corrected chi connectivity index (χ1v) is 11.5. The maximum absolute atomic E-state index is 13.3. The Bertz CT molecular complexity index is 1260. The van der Waals surface area contributed by atoms with E-state index >= 15 is 0 Å². The number of rotatable bonds is 3. The van der Waals surface area contributed by atoms with Crippen molar-refractivity contribution in [2.24, 2.45) is 0 Å². The lowest BCUT2D eigenvalue weighted by Gasteiger charge is -2.39. The first-order valence-electron chi connectivity index (χ1n) is 11.5. The van der Waals surface area contributed by atoms with Gasteiger partial charge in [0, 0.05) is 24.6 Å². The van der Waals surface area contributed by atoms with Crippen LogP contribution in [0.2, 0.25) is 0 Å². The fraction of sp³-hybridized carbons (Fsp3) is 0.296. The molecule has 0 aromatic heterocycles. The number of carbonyl (C=O) groups excluding carboxylic acids is 1. The molecule has 1 amide bonds. The Morgan fingerprint density at radius 3 is 1.74 bits per heavy atom. The number of nitrogens with zero attached hydrogens (tertiary/aromatic N) is 1. The number of hydrogen-bond donors (Lipinski definition) is 0. The van der Waals surface area contributed by atoms with Crippen molar-refractivity contribution in [1.82, 2.24) is 4.90 Å². The van der Waals surface area contributed by atoms with Gasteiger partial charge in [-0.3, -0.25) is 4.79 Å². The molecule has 3 aromatic carbocycles. The van der Waals surface area contributed by atoms with Gasteiger partial charge in [-0.25, -0.2) is 0 Å². The predicted molar refractivity (Wildman–Crippen MR) is 120 cm³/mol. The molecule has 202 valence electrons. The third-order valence-electron chi connectivity index (χ3n) is 6.60. The molecule has 1 aliphatic rings. The van der Waals surface area contributed by atoms with E-state index < -0.39 is 58.5 Å². The van der Waals surface area contributed by atoms with Gasteiger partial charge in [0.15, 0.2) is 0 Å². The zero-order valence-corrected chi connectivity index (χ0v) is 19.5. The lowest BCUT2D eigenvalue weighted by atomic mass is 9.76.